The highest BCUT2D eigenvalue weighted by Crippen LogP contribution is 2.37. The predicted molar refractivity (Wildman–Crippen MR) is 145 cm³/mol. The summed E-state index contributed by atoms with van der Waals surface area (Å²) < 4.78 is 18.5. The van der Waals surface area contributed by atoms with Gasteiger partial charge in [0.15, 0.2) is 0 Å². The van der Waals surface area contributed by atoms with Crippen molar-refractivity contribution in [2.24, 2.45) is 0 Å². The van der Waals surface area contributed by atoms with Crippen molar-refractivity contribution in [1.82, 2.24) is 10.3 Å². The Morgan fingerprint density at radius 3 is 2.59 bits per heavy atom. The molecule has 8 nitrogen and oxygen atoms in total. The van der Waals surface area contributed by atoms with Crippen LogP contribution in [0.5, 0.6) is 0 Å². The van der Waals surface area contributed by atoms with Crippen LogP contribution < -0.4 is 16.0 Å². The van der Waals surface area contributed by atoms with Gasteiger partial charge in [0.05, 0.1) is 30.3 Å². The Morgan fingerprint density at radius 2 is 1.87 bits per heavy atom. The summed E-state index contributed by atoms with van der Waals surface area (Å²) in [5.74, 6) is -0.917. The second kappa shape index (κ2) is 10.6. The molecule has 4 aromatic rings. The molecule has 0 aliphatic carbocycles. The zero-order valence-corrected chi connectivity index (χ0v) is 21.9. The maximum Gasteiger partial charge on any atom is 0.251 e. The molecular weight excluding hydrogens is 499 g/mol. The first-order chi connectivity index (χ1) is 18.7. The molecule has 0 radical (unpaired) electrons. The average molecular weight is 529 g/mol. The molecule has 2 aromatic heterocycles. The van der Waals surface area contributed by atoms with E-state index in [0.717, 1.165) is 28.1 Å². The third-order valence-electron chi connectivity index (χ3n) is 7.11. The number of aromatic amines is 1. The number of carbonyl (C=O) groups excluding carboxylic acids is 3. The lowest BCUT2D eigenvalue weighted by atomic mass is 9.93. The highest BCUT2D eigenvalue weighted by molar-refractivity contribution is 6.05. The molecule has 39 heavy (non-hydrogen) atoms. The number of furan rings is 1. The summed E-state index contributed by atoms with van der Waals surface area (Å²) in [5, 5.41) is 8.78. The summed E-state index contributed by atoms with van der Waals surface area (Å²) in [6, 6.07) is 14.3. The molecule has 2 aromatic carbocycles. The first-order valence-corrected chi connectivity index (χ1v) is 12.7. The number of hydrogen-bond acceptors (Lipinski definition) is 4. The highest BCUT2D eigenvalue weighted by Gasteiger charge is 2.33. The second-order valence-corrected chi connectivity index (χ2v) is 9.83. The number of benzene rings is 2. The molecule has 9 heteroatoms. The van der Waals surface area contributed by atoms with E-state index in [1.807, 2.05) is 20.8 Å². The Kier molecular flexibility index (Phi) is 7.06. The predicted octanol–water partition coefficient (Wildman–Crippen LogP) is 5.31. The van der Waals surface area contributed by atoms with Gasteiger partial charge >= 0.3 is 0 Å². The Hall–Kier alpha value is -4.66. The van der Waals surface area contributed by atoms with E-state index in [1.165, 1.54) is 18.4 Å². The highest BCUT2D eigenvalue weighted by atomic mass is 19.1. The molecule has 1 aliphatic rings. The van der Waals surface area contributed by atoms with Crippen molar-refractivity contribution in [3.63, 3.8) is 0 Å². The monoisotopic (exact) mass is 528 g/mol. The van der Waals surface area contributed by atoms with Crippen LogP contribution in [-0.4, -0.2) is 22.7 Å². The van der Waals surface area contributed by atoms with E-state index in [2.05, 4.69) is 20.9 Å². The van der Waals surface area contributed by atoms with Crippen LogP contribution >= 0.6 is 0 Å². The molecule has 0 fully saturated rings. The van der Waals surface area contributed by atoms with Gasteiger partial charge in [-0.3, -0.25) is 14.4 Å². The molecule has 2 atom stereocenters. The van der Waals surface area contributed by atoms with Crippen molar-refractivity contribution in [3.05, 3.63) is 106 Å². The molecule has 0 saturated heterocycles. The van der Waals surface area contributed by atoms with E-state index >= 15 is 0 Å². The summed E-state index contributed by atoms with van der Waals surface area (Å²) in [6.45, 7) is 5.59. The first kappa shape index (κ1) is 26.0. The minimum Gasteiger partial charge on any atom is -0.469 e. The molecule has 3 amide bonds. The summed E-state index contributed by atoms with van der Waals surface area (Å²) in [5.41, 5.74) is 5.76. The number of aryl methyl sites for hydroxylation is 1. The molecule has 1 aliphatic heterocycles. The summed E-state index contributed by atoms with van der Waals surface area (Å²) in [4.78, 5) is 41.8. The number of amides is 3. The lowest BCUT2D eigenvalue weighted by Gasteiger charge is -2.15. The maximum atomic E-state index is 13.3. The van der Waals surface area contributed by atoms with Gasteiger partial charge in [0.25, 0.3) is 5.91 Å². The number of H-pyrrole nitrogens is 1. The van der Waals surface area contributed by atoms with Gasteiger partial charge in [0.1, 0.15) is 11.6 Å². The number of rotatable bonds is 8. The SMILES string of the molecule is Cc1[nH]c(CC2C(=O)Nc3ccc(C(=O)NC(C)c4ccc(F)cc4)cc32)c(C)c1NC(=O)Cc1ccco1. The summed E-state index contributed by atoms with van der Waals surface area (Å²) in [7, 11) is 0. The minimum absolute atomic E-state index is 0.120. The van der Waals surface area contributed by atoms with E-state index in [0.29, 0.717) is 29.1 Å². The molecule has 0 bridgehead atoms. The lowest BCUT2D eigenvalue weighted by molar-refractivity contribution is -0.117. The molecule has 0 spiro atoms. The smallest absolute Gasteiger partial charge is 0.251 e. The first-order valence-electron chi connectivity index (χ1n) is 12.7. The van der Waals surface area contributed by atoms with E-state index in [-0.39, 0.29) is 36.0 Å². The minimum atomic E-state index is -0.509. The fourth-order valence-electron chi connectivity index (χ4n) is 4.95. The van der Waals surface area contributed by atoms with Gasteiger partial charge in [-0.05, 0) is 79.9 Å². The third kappa shape index (κ3) is 5.47. The largest absolute Gasteiger partial charge is 0.469 e. The number of hydrogen-bond donors (Lipinski definition) is 4. The number of anilines is 2. The zero-order valence-electron chi connectivity index (χ0n) is 21.9. The number of nitrogens with one attached hydrogen (secondary N) is 4. The molecule has 200 valence electrons. The van der Waals surface area contributed by atoms with Gasteiger partial charge in [-0.2, -0.15) is 0 Å². The van der Waals surface area contributed by atoms with Gasteiger partial charge < -0.3 is 25.4 Å². The number of fused-ring (bicyclic) bond motifs is 1. The Morgan fingerprint density at radius 1 is 1.10 bits per heavy atom. The van der Waals surface area contributed by atoms with Gasteiger partial charge in [0.2, 0.25) is 11.8 Å². The molecule has 4 N–H and O–H groups in total. The van der Waals surface area contributed by atoms with Crippen LogP contribution in [-0.2, 0) is 22.4 Å². The quantitative estimate of drug-likeness (QED) is 0.248. The van der Waals surface area contributed by atoms with E-state index in [4.69, 9.17) is 4.42 Å². The van der Waals surface area contributed by atoms with Gasteiger partial charge in [-0.25, -0.2) is 4.39 Å². The van der Waals surface area contributed by atoms with Gasteiger partial charge in [-0.15, -0.1) is 0 Å². The average Bonchev–Trinajstić information content (AvgIpc) is 3.59. The molecule has 0 saturated carbocycles. The maximum absolute atomic E-state index is 13.3. The molecule has 5 rings (SSSR count). The Labute approximate surface area is 225 Å². The van der Waals surface area contributed by atoms with Crippen LogP contribution in [0.25, 0.3) is 0 Å². The fraction of sp³-hybridized carbons (Fsp3) is 0.233. The van der Waals surface area contributed by atoms with Crippen LogP contribution in [0.1, 0.15) is 63.1 Å². The van der Waals surface area contributed by atoms with Crippen molar-refractivity contribution < 1.29 is 23.2 Å². The van der Waals surface area contributed by atoms with E-state index < -0.39 is 5.92 Å². The topological polar surface area (TPSA) is 116 Å². The van der Waals surface area contributed by atoms with Crippen molar-refractivity contribution in [2.75, 3.05) is 10.6 Å². The second-order valence-electron chi connectivity index (χ2n) is 9.83. The van der Waals surface area contributed by atoms with Gasteiger partial charge in [-0.1, -0.05) is 12.1 Å². The number of halogens is 1. The Bertz CT molecular complexity index is 1540. The molecule has 2 unspecified atom stereocenters. The Balaban J connectivity index is 1.31. The summed E-state index contributed by atoms with van der Waals surface area (Å²) in [6.07, 6.45) is 2.02. The van der Waals surface area contributed by atoms with Crippen LogP contribution in [0.3, 0.4) is 0 Å². The van der Waals surface area contributed by atoms with Crippen LogP contribution in [0.2, 0.25) is 0 Å². The molecular formula is C30H29FN4O4. The van der Waals surface area contributed by atoms with Crippen molar-refractivity contribution in [3.8, 4) is 0 Å². The number of aromatic nitrogens is 1. The normalized spacial score (nSPS) is 15.0. The third-order valence-corrected chi connectivity index (χ3v) is 7.11. The van der Waals surface area contributed by atoms with E-state index in [1.54, 1.807) is 42.5 Å². The van der Waals surface area contributed by atoms with Crippen molar-refractivity contribution >= 4 is 29.1 Å². The van der Waals surface area contributed by atoms with Crippen molar-refractivity contribution in [2.45, 2.75) is 45.6 Å². The van der Waals surface area contributed by atoms with Gasteiger partial charge in [0, 0.05) is 29.1 Å². The summed E-state index contributed by atoms with van der Waals surface area (Å²) >= 11 is 0. The van der Waals surface area contributed by atoms with E-state index in [9.17, 15) is 18.8 Å². The molecule has 3 heterocycles. The van der Waals surface area contributed by atoms with Crippen LogP contribution in [0, 0.1) is 19.7 Å². The zero-order chi connectivity index (χ0) is 27.7. The fourth-order valence-corrected chi connectivity index (χ4v) is 4.95. The van der Waals surface area contributed by atoms with Crippen LogP contribution in [0.4, 0.5) is 15.8 Å². The van der Waals surface area contributed by atoms with Crippen LogP contribution in [0.15, 0.2) is 65.3 Å². The number of carbonyl (C=O) groups is 3. The standard InChI is InChI=1S/C30H29FN4O4/c1-16-26(32-18(3)28(16)35-27(36)14-22-5-4-12-39-22)15-24-23-13-20(8-11-25(23)34-30(24)38)29(37)33-17(2)19-6-9-21(31)10-7-19/h4-13,17,24,32H,14-15H2,1-3H3,(H,33,37)(H,34,38)(H,35,36). The van der Waals surface area contributed by atoms with Crippen molar-refractivity contribution in [1.29, 1.82) is 0 Å². The lowest BCUT2D eigenvalue weighted by Crippen LogP contribution is -2.26.